The number of ether oxygens (including phenoxy) is 1. The van der Waals surface area contributed by atoms with Crippen LogP contribution in [0.5, 0.6) is 0 Å². The van der Waals surface area contributed by atoms with Gasteiger partial charge in [-0.05, 0) is 37.0 Å². The third-order valence-electron chi connectivity index (χ3n) is 4.02. The third kappa shape index (κ3) is 3.73. The van der Waals surface area contributed by atoms with Gasteiger partial charge in [-0.1, -0.05) is 26.0 Å². The van der Waals surface area contributed by atoms with E-state index in [0.29, 0.717) is 6.42 Å². The number of hydrogen-bond acceptors (Lipinski definition) is 2. The number of rotatable bonds is 6. The van der Waals surface area contributed by atoms with Crippen LogP contribution in [0.25, 0.3) is 0 Å². The normalized spacial score (nSPS) is 14.3. The van der Waals surface area contributed by atoms with Gasteiger partial charge in [-0.15, -0.1) is 0 Å². The molecule has 0 bridgehead atoms. The van der Waals surface area contributed by atoms with Gasteiger partial charge >= 0.3 is 6.18 Å². The molecule has 1 aromatic carbocycles. The second-order valence-electron chi connectivity index (χ2n) is 4.98. The van der Waals surface area contributed by atoms with Gasteiger partial charge in [0.05, 0.1) is 11.2 Å². The molecule has 0 heterocycles. The molecular formula is C15H22F3NO. The summed E-state index contributed by atoms with van der Waals surface area (Å²) in [6.07, 6.45) is -2.28. The van der Waals surface area contributed by atoms with Crippen molar-refractivity contribution in [1.82, 2.24) is 0 Å². The van der Waals surface area contributed by atoms with Gasteiger partial charge in [0.1, 0.15) is 0 Å². The Kier molecular flexibility index (Phi) is 5.59. The first-order valence-electron chi connectivity index (χ1n) is 6.76. The van der Waals surface area contributed by atoms with Crippen LogP contribution in [-0.4, -0.2) is 18.8 Å². The van der Waals surface area contributed by atoms with Crippen molar-refractivity contribution in [3.63, 3.8) is 0 Å². The lowest BCUT2D eigenvalue weighted by molar-refractivity contribution is -0.137. The van der Waals surface area contributed by atoms with Crippen LogP contribution in [0.3, 0.4) is 0 Å². The topological polar surface area (TPSA) is 35.2 Å². The highest BCUT2D eigenvalue weighted by Gasteiger charge is 2.34. The summed E-state index contributed by atoms with van der Waals surface area (Å²) < 4.78 is 43.0. The number of nitrogens with two attached hydrogens (primary N) is 1. The zero-order valence-corrected chi connectivity index (χ0v) is 12.1. The lowest BCUT2D eigenvalue weighted by atomic mass is 9.85. The first-order chi connectivity index (χ1) is 9.29. The van der Waals surface area contributed by atoms with Crippen LogP contribution in [0.2, 0.25) is 0 Å². The van der Waals surface area contributed by atoms with E-state index >= 15 is 0 Å². The molecule has 1 atom stereocenters. The average Bonchev–Trinajstić information content (AvgIpc) is 2.41. The zero-order chi connectivity index (χ0) is 15.4. The van der Waals surface area contributed by atoms with Crippen molar-refractivity contribution in [3.8, 4) is 0 Å². The molecule has 0 saturated carbocycles. The molecule has 0 saturated heterocycles. The summed E-state index contributed by atoms with van der Waals surface area (Å²) in [7, 11) is 1.62. The van der Waals surface area contributed by atoms with Crippen molar-refractivity contribution in [3.05, 3.63) is 35.4 Å². The standard InChI is InChI=1S/C15H22F3NO/c1-4-14(5-2,20-3)13(19)10-11-6-8-12(9-7-11)15(16,17)18/h6-9,13H,4-5,10,19H2,1-3H3. The van der Waals surface area contributed by atoms with Crippen LogP contribution < -0.4 is 5.73 Å². The summed E-state index contributed by atoms with van der Waals surface area (Å²) >= 11 is 0. The molecule has 0 aliphatic carbocycles. The van der Waals surface area contributed by atoms with Crippen molar-refractivity contribution < 1.29 is 17.9 Å². The minimum Gasteiger partial charge on any atom is -0.377 e. The highest BCUT2D eigenvalue weighted by molar-refractivity contribution is 5.25. The lowest BCUT2D eigenvalue weighted by Gasteiger charge is -2.36. The second kappa shape index (κ2) is 6.59. The van der Waals surface area contributed by atoms with Gasteiger partial charge in [-0.2, -0.15) is 13.2 Å². The van der Waals surface area contributed by atoms with Gasteiger partial charge in [0.2, 0.25) is 0 Å². The SMILES string of the molecule is CCC(CC)(OC)C(N)Cc1ccc(C(F)(F)F)cc1. The molecule has 0 aromatic heterocycles. The van der Waals surface area contributed by atoms with E-state index in [4.69, 9.17) is 10.5 Å². The Hall–Kier alpha value is -1.07. The first kappa shape index (κ1) is 17.0. The lowest BCUT2D eigenvalue weighted by Crippen LogP contribution is -2.50. The molecule has 20 heavy (non-hydrogen) atoms. The Morgan fingerprint density at radius 3 is 1.95 bits per heavy atom. The van der Waals surface area contributed by atoms with Crippen molar-refractivity contribution in [2.24, 2.45) is 5.73 Å². The summed E-state index contributed by atoms with van der Waals surface area (Å²) in [4.78, 5) is 0. The van der Waals surface area contributed by atoms with E-state index in [1.54, 1.807) is 7.11 Å². The molecule has 0 fully saturated rings. The fourth-order valence-electron chi connectivity index (χ4n) is 2.48. The minimum atomic E-state index is -4.30. The molecule has 2 nitrogen and oxygen atoms in total. The van der Waals surface area contributed by atoms with Crippen molar-refractivity contribution in [2.75, 3.05) is 7.11 Å². The molecular weight excluding hydrogens is 267 g/mol. The van der Waals surface area contributed by atoms with Crippen molar-refractivity contribution in [1.29, 1.82) is 0 Å². The van der Waals surface area contributed by atoms with Crippen LogP contribution >= 0.6 is 0 Å². The Bertz CT molecular complexity index is 402. The molecule has 5 heteroatoms. The number of benzene rings is 1. The summed E-state index contributed by atoms with van der Waals surface area (Å²) in [5, 5.41) is 0. The van der Waals surface area contributed by atoms with Gasteiger partial charge in [0, 0.05) is 13.2 Å². The Morgan fingerprint density at radius 2 is 1.60 bits per heavy atom. The van der Waals surface area contributed by atoms with E-state index in [2.05, 4.69) is 0 Å². The molecule has 0 amide bonds. The number of hydrogen-bond donors (Lipinski definition) is 1. The van der Waals surface area contributed by atoms with Crippen LogP contribution in [0.4, 0.5) is 13.2 Å². The molecule has 2 N–H and O–H groups in total. The largest absolute Gasteiger partial charge is 0.416 e. The average molecular weight is 289 g/mol. The molecule has 0 aliphatic heterocycles. The fourth-order valence-corrected chi connectivity index (χ4v) is 2.48. The predicted octanol–water partition coefficient (Wildman–Crippen LogP) is 3.78. The molecule has 1 rings (SSSR count). The van der Waals surface area contributed by atoms with Crippen LogP contribution in [-0.2, 0) is 17.3 Å². The van der Waals surface area contributed by atoms with E-state index in [0.717, 1.165) is 30.5 Å². The van der Waals surface area contributed by atoms with Gasteiger partial charge in [0.15, 0.2) is 0 Å². The van der Waals surface area contributed by atoms with Gasteiger partial charge in [-0.25, -0.2) is 0 Å². The quantitative estimate of drug-likeness (QED) is 0.865. The highest BCUT2D eigenvalue weighted by atomic mass is 19.4. The van der Waals surface area contributed by atoms with E-state index in [1.165, 1.54) is 12.1 Å². The Labute approximate surface area is 118 Å². The fraction of sp³-hybridized carbons (Fsp3) is 0.600. The van der Waals surface area contributed by atoms with Gasteiger partial charge in [-0.3, -0.25) is 0 Å². The Balaban J connectivity index is 2.83. The third-order valence-corrected chi connectivity index (χ3v) is 4.02. The number of halogens is 3. The molecule has 114 valence electrons. The van der Waals surface area contributed by atoms with Crippen LogP contribution in [0.1, 0.15) is 37.8 Å². The molecule has 0 radical (unpaired) electrons. The van der Waals surface area contributed by atoms with E-state index < -0.39 is 17.3 Å². The number of alkyl halides is 3. The van der Waals surface area contributed by atoms with E-state index in [-0.39, 0.29) is 6.04 Å². The molecule has 1 unspecified atom stereocenters. The van der Waals surface area contributed by atoms with Crippen LogP contribution in [0.15, 0.2) is 24.3 Å². The van der Waals surface area contributed by atoms with Gasteiger partial charge < -0.3 is 10.5 Å². The summed E-state index contributed by atoms with van der Waals surface area (Å²) in [6.45, 7) is 4.00. The second-order valence-corrected chi connectivity index (χ2v) is 4.98. The maximum atomic E-state index is 12.5. The summed E-state index contributed by atoms with van der Waals surface area (Å²) in [6, 6.07) is 4.89. The van der Waals surface area contributed by atoms with Crippen LogP contribution in [0, 0.1) is 0 Å². The van der Waals surface area contributed by atoms with E-state index in [9.17, 15) is 13.2 Å². The summed E-state index contributed by atoms with van der Waals surface area (Å²) in [5.74, 6) is 0. The maximum absolute atomic E-state index is 12.5. The van der Waals surface area contributed by atoms with Crippen molar-refractivity contribution in [2.45, 2.75) is 50.9 Å². The first-order valence-corrected chi connectivity index (χ1v) is 6.76. The predicted molar refractivity (Wildman–Crippen MR) is 73.4 cm³/mol. The summed E-state index contributed by atoms with van der Waals surface area (Å²) in [5.41, 5.74) is 5.91. The maximum Gasteiger partial charge on any atom is 0.416 e. The highest BCUT2D eigenvalue weighted by Crippen LogP contribution is 2.30. The molecule has 0 aliphatic rings. The van der Waals surface area contributed by atoms with Gasteiger partial charge in [0.25, 0.3) is 0 Å². The molecule has 0 spiro atoms. The minimum absolute atomic E-state index is 0.251. The number of methoxy groups -OCH3 is 1. The zero-order valence-electron chi connectivity index (χ0n) is 12.1. The van der Waals surface area contributed by atoms with E-state index in [1.807, 2.05) is 13.8 Å². The molecule has 1 aromatic rings. The smallest absolute Gasteiger partial charge is 0.377 e. The van der Waals surface area contributed by atoms with Crippen molar-refractivity contribution >= 4 is 0 Å². The Morgan fingerprint density at radius 1 is 1.10 bits per heavy atom. The monoisotopic (exact) mass is 289 g/mol.